The number of anilines is 1. The zero-order valence-corrected chi connectivity index (χ0v) is 16.4. The number of fused-ring (bicyclic) bond motifs is 1. The predicted molar refractivity (Wildman–Crippen MR) is 109 cm³/mol. The van der Waals surface area contributed by atoms with Gasteiger partial charge in [-0.1, -0.05) is 55.5 Å². The van der Waals surface area contributed by atoms with Gasteiger partial charge in [-0.3, -0.25) is 4.79 Å². The van der Waals surface area contributed by atoms with Crippen LogP contribution in [0.4, 0.5) is 5.69 Å². The van der Waals surface area contributed by atoms with E-state index in [9.17, 15) is 10.1 Å². The molecule has 142 valence electrons. The van der Waals surface area contributed by atoms with E-state index >= 15 is 0 Å². The third-order valence-corrected chi connectivity index (χ3v) is 7.60. The van der Waals surface area contributed by atoms with E-state index in [2.05, 4.69) is 53.1 Å². The van der Waals surface area contributed by atoms with E-state index in [1.54, 1.807) is 0 Å². The zero-order valence-electron chi connectivity index (χ0n) is 16.4. The number of hydrogen-bond acceptors (Lipinski definition) is 3. The summed E-state index contributed by atoms with van der Waals surface area (Å²) in [6, 6.07) is 21.3. The van der Waals surface area contributed by atoms with Crippen molar-refractivity contribution in [3.63, 3.8) is 0 Å². The summed E-state index contributed by atoms with van der Waals surface area (Å²) in [6.45, 7) is 2.81. The summed E-state index contributed by atoms with van der Waals surface area (Å²) < 4.78 is 0. The van der Waals surface area contributed by atoms with E-state index < -0.39 is 11.0 Å². The number of nitriles is 1. The molecule has 1 saturated heterocycles. The quantitative estimate of drug-likeness (QED) is 0.805. The number of carbonyl (C=O) groups excluding carboxylic acids is 1. The van der Waals surface area contributed by atoms with Gasteiger partial charge in [0.1, 0.15) is 5.54 Å². The summed E-state index contributed by atoms with van der Waals surface area (Å²) in [5, 5.41) is 10.5. The molecule has 1 spiro atoms. The van der Waals surface area contributed by atoms with Crippen LogP contribution in [0.15, 0.2) is 54.6 Å². The molecular formula is C24H25N3O. The molecule has 2 aromatic carbocycles. The molecule has 2 fully saturated rings. The van der Waals surface area contributed by atoms with Crippen LogP contribution in [0, 0.1) is 17.2 Å². The minimum atomic E-state index is -0.680. The van der Waals surface area contributed by atoms with Crippen molar-refractivity contribution in [1.82, 2.24) is 4.90 Å². The third kappa shape index (κ3) is 1.87. The van der Waals surface area contributed by atoms with Gasteiger partial charge in [-0.25, -0.2) is 0 Å². The second-order valence-corrected chi connectivity index (χ2v) is 8.60. The van der Waals surface area contributed by atoms with E-state index in [4.69, 9.17) is 0 Å². The van der Waals surface area contributed by atoms with Crippen LogP contribution >= 0.6 is 0 Å². The van der Waals surface area contributed by atoms with Crippen LogP contribution < -0.4 is 4.90 Å². The summed E-state index contributed by atoms with van der Waals surface area (Å²) in [4.78, 5) is 17.6. The number of carbonyl (C=O) groups is 1. The average molecular weight is 371 g/mol. The Morgan fingerprint density at radius 2 is 1.82 bits per heavy atom. The van der Waals surface area contributed by atoms with Crippen molar-refractivity contribution in [2.45, 2.75) is 49.7 Å². The van der Waals surface area contributed by atoms with Crippen molar-refractivity contribution in [1.29, 1.82) is 5.26 Å². The number of benzene rings is 2. The molecule has 2 heterocycles. The van der Waals surface area contributed by atoms with Gasteiger partial charge in [0.2, 0.25) is 5.91 Å². The molecule has 4 unspecified atom stereocenters. The van der Waals surface area contributed by atoms with E-state index in [0.717, 1.165) is 24.1 Å². The predicted octanol–water partition coefficient (Wildman–Crippen LogP) is 3.87. The van der Waals surface area contributed by atoms with Gasteiger partial charge in [-0.15, -0.1) is 0 Å². The smallest absolute Gasteiger partial charge is 0.224 e. The van der Waals surface area contributed by atoms with E-state index in [1.807, 2.05) is 31.3 Å². The number of rotatable bonds is 2. The first-order chi connectivity index (χ1) is 13.6. The van der Waals surface area contributed by atoms with Crippen LogP contribution in [0.5, 0.6) is 0 Å². The molecule has 4 heteroatoms. The lowest BCUT2D eigenvalue weighted by molar-refractivity contribution is -0.129. The first-order valence-corrected chi connectivity index (χ1v) is 10.1. The van der Waals surface area contributed by atoms with Crippen LogP contribution in [0.3, 0.4) is 0 Å². The summed E-state index contributed by atoms with van der Waals surface area (Å²) >= 11 is 0. The Morgan fingerprint density at radius 1 is 1.11 bits per heavy atom. The SMILES string of the molecule is CC1CCC2N(Cc3ccccc3)C(=O)CC23c2ccccc2N(C)C13C#N. The van der Waals surface area contributed by atoms with Crippen molar-refractivity contribution in [3.8, 4) is 6.07 Å². The fourth-order valence-corrected chi connectivity index (χ4v) is 6.45. The van der Waals surface area contributed by atoms with E-state index in [-0.39, 0.29) is 17.9 Å². The molecule has 1 aliphatic carbocycles. The van der Waals surface area contributed by atoms with Crippen LogP contribution in [0.2, 0.25) is 0 Å². The van der Waals surface area contributed by atoms with Crippen LogP contribution in [-0.4, -0.2) is 29.4 Å². The number of likely N-dealkylation sites (tertiary alicyclic amines) is 1. The Bertz CT molecular complexity index is 981. The lowest BCUT2D eigenvalue weighted by Gasteiger charge is -2.53. The molecule has 1 saturated carbocycles. The highest BCUT2D eigenvalue weighted by atomic mass is 16.2. The Hall–Kier alpha value is -2.80. The molecule has 2 aromatic rings. The largest absolute Gasteiger partial charge is 0.355 e. The summed E-state index contributed by atoms with van der Waals surface area (Å²) in [6.07, 6.45) is 2.33. The molecule has 3 aliphatic rings. The average Bonchev–Trinajstić information content (AvgIpc) is 3.12. The summed E-state index contributed by atoms with van der Waals surface area (Å²) in [5.74, 6) is 0.378. The molecule has 4 nitrogen and oxygen atoms in total. The Morgan fingerprint density at radius 3 is 2.57 bits per heavy atom. The maximum atomic E-state index is 13.4. The molecule has 0 bridgehead atoms. The van der Waals surface area contributed by atoms with Crippen molar-refractivity contribution >= 4 is 11.6 Å². The number of para-hydroxylation sites is 1. The molecule has 1 amide bonds. The molecule has 28 heavy (non-hydrogen) atoms. The molecule has 0 N–H and O–H groups in total. The van der Waals surface area contributed by atoms with Gasteiger partial charge in [-0.2, -0.15) is 5.26 Å². The van der Waals surface area contributed by atoms with E-state index in [1.165, 1.54) is 5.56 Å². The number of hydrogen-bond donors (Lipinski definition) is 0. The molecule has 4 atom stereocenters. The fourth-order valence-electron chi connectivity index (χ4n) is 6.45. The topological polar surface area (TPSA) is 47.3 Å². The van der Waals surface area contributed by atoms with Crippen molar-refractivity contribution in [2.24, 2.45) is 5.92 Å². The molecule has 5 rings (SSSR count). The van der Waals surface area contributed by atoms with Gasteiger partial charge < -0.3 is 9.80 Å². The first-order valence-electron chi connectivity index (χ1n) is 10.1. The van der Waals surface area contributed by atoms with Gasteiger partial charge >= 0.3 is 0 Å². The first kappa shape index (κ1) is 17.3. The highest BCUT2D eigenvalue weighted by Crippen LogP contribution is 2.64. The van der Waals surface area contributed by atoms with Gasteiger partial charge in [0, 0.05) is 31.7 Å². The highest BCUT2D eigenvalue weighted by molar-refractivity contribution is 5.87. The number of amides is 1. The summed E-state index contributed by atoms with van der Waals surface area (Å²) in [5.41, 5.74) is 2.29. The molecule has 0 aromatic heterocycles. The number of likely N-dealkylation sites (N-methyl/N-ethyl adjacent to an activating group) is 1. The van der Waals surface area contributed by atoms with E-state index in [0.29, 0.717) is 13.0 Å². The maximum Gasteiger partial charge on any atom is 0.224 e. The molecule has 0 radical (unpaired) electrons. The van der Waals surface area contributed by atoms with Crippen LogP contribution in [0.1, 0.15) is 37.3 Å². The van der Waals surface area contributed by atoms with Crippen LogP contribution in [0.25, 0.3) is 0 Å². The Labute approximate surface area is 166 Å². The standard InChI is InChI=1S/C24H25N3O/c1-17-12-13-21-23(14-22(28)27(21)15-18-8-4-3-5-9-18)19-10-6-7-11-20(19)26(2)24(17,23)16-25/h3-11,17,21H,12-15H2,1-2H3. The highest BCUT2D eigenvalue weighted by Gasteiger charge is 2.73. The summed E-state index contributed by atoms with van der Waals surface area (Å²) in [7, 11) is 2.04. The number of nitrogens with zero attached hydrogens (tertiary/aromatic N) is 3. The van der Waals surface area contributed by atoms with Gasteiger partial charge in [0.15, 0.2) is 0 Å². The fraction of sp³-hybridized carbons (Fsp3) is 0.417. The second kappa shape index (κ2) is 5.85. The zero-order chi connectivity index (χ0) is 19.5. The molecule has 2 aliphatic heterocycles. The minimum Gasteiger partial charge on any atom is -0.355 e. The van der Waals surface area contributed by atoms with Gasteiger partial charge in [-0.05, 0) is 36.0 Å². The Balaban J connectivity index is 1.69. The van der Waals surface area contributed by atoms with Crippen molar-refractivity contribution < 1.29 is 4.79 Å². The lowest BCUT2D eigenvalue weighted by Crippen LogP contribution is -2.66. The lowest BCUT2D eigenvalue weighted by atomic mass is 9.54. The minimum absolute atomic E-state index is 0.0576. The van der Waals surface area contributed by atoms with Crippen molar-refractivity contribution in [3.05, 3.63) is 65.7 Å². The van der Waals surface area contributed by atoms with Crippen molar-refractivity contribution in [2.75, 3.05) is 11.9 Å². The monoisotopic (exact) mass is 371 g/mol. The second-order valence-electron chi connectivity index (χ2n) is 8.60. The van der Waals surface area contributed by atoms with Gasteiger partial charge in [0.05, 0.1) is 11.5 Å². The third-order valence-electron chi connectivity index (χ3n) is 7.60. The van der Waals surface area contributed by atoms with Crippen LogP contribution in [-0.2, 0) is 16.8 Å². The normalized spacial score (nSPS) is 33.2. The molecular weight excluding hydrogens is 346 g/mol. The van der Waals surface area contributed by atoms with Gasteiger partial charge in [0.25, 0.3) is 0 Å². The Kier molecular flexibility index (Phi) is 3.61. The maximum absolute atomic E-state index is 13.4.